The number of benzene rings is 1. The summed E-state index contributed by atoms with van der Waals surface area (Å²) in [5, 5.41) is 0. The Morgan fingerprint density at radius 3 is 2.70 bits per heavy atom. The summed E-state index contributed by atoms with van der Waals surface area (Å²) in [4.78, 5) is 2.54. The molecule has 0 aliphatic carbocycles. The van der Waals surface area contributed by atoms with Gasteiger partial charge in [0, 0.05) is 12.6 Å². The molecule has 3 heteroatoms. The summed E-state index contributed by atoms with van der Waals surface area (Å²) in [6.07, 6.45) is 2.22. The van der Waals surface area contributed by atoms with Gasteiger partial charge in [0.2, 0.25) is 0 Å². The molecule has 0 bridgehead atoms. The van der Waals surface area contributed by atoms with Gasteiger partial charge < -0.3 is 10.5 Å². The maximum absolute atomic E-state index is 6.43. The minimum absolute atomic E-state index is 0.163. The summed E-state index contributed by atoms with van der Waals surface area (Å²) in [7, 11) is 1.72. The van der Waals surface area contributed by atoms with Crippen molar-refractivity contribution in [1.82, 2.24) is 4.90 Å². The zero-order valence-corrected chi connectivity index (χ0v) is 13.2. The number of likely N-dealkylation sites (tertiary alicyclic amines) is 1. The first-order valence-corrected chi connectivity index (χ1v) is 7.60. The van der Waals surface area contributed by atoms with Gasteiger partial charge in [-0.1, -0.05) is 32.9 Å². The van der Waals surface area contributed by atoms with E-state index in [1.165, 1.54) is 12.0 Å². The van der Waals surface area contributed by atoms with Crippen molar-refractivity contribution in [2.45, 2.75) is 45.7 Å². The van der Waals surface area contributed by atoms with Crippen LogP contribution >= 0.6 is 0 Å². The van der Waals surface area contributed by atoms with E-state index in [0.717, 1.165) is 25.3 Å². The Bertz CT molecular complexity index is 444. The molecule has 2 atom stereocenters. The van der Waals surface area contributed by atoms with Gasteiger partial charge in [-0.15, -0.1) is 0 Å². The van der Waals surface area contributed by atoms with Crippen LogP contribution in [0.1, 0.15) is 45.2 Å². The highest BCUT2D eigenvalue weighted by Gasteiger charge is 2.36. The summed E-state index contributed by atoms with van der Waals surface area (Å²) >= 11 is 0. The van der Waals surface area contributed by atoms with Crippen LogP contribution < -0.4 is 10.5 Å². The molecule has 1 saturated heterocycles. The van der Waals surface area contributed by atoms with Crippen LogP contribution in [0.5, 0.6) is 5.75 Å². The Morgan fingerprint density at radius 1 is 1.40 bits per heavy atom. The van der Waals surface area contributed by atoms with Gasteiger partial charge in [0.15, 0.2) is 0 Å². The van der Waals surface area contributed by atoms with E-state index >= 15 is 0 Å². The number of hydrogen-bond donors (Lipinski definition) is 1. The quantitative estimate of drug-likeness (QED) is 0.897. The van der Waals surface area contributed by atoms with Gasteiger partial charge in [0.1, 0.15) is 5.75 Å². The molecule has 0 spiro atoms. The van der Waals surface area contributed by atoms with Crippen molar-refractivity contribution in [1.29, 1.82) is 0 Å². The van der Waals surface area contributed by atoms with E-state index < -0.39 is 0 Å². The van der Waals surface area contributed by atoms with Gasteiger partial charge in [-0.3, -0.25) is 4.90 Å². The van der Waals surface area contributed by atoms with Crippen molar-refractivity contribution in [3.63, 3.8) is 0 Å². The van der Waals surface area contributed by atoms with E-state index in [0.29, 0.717) is 5.41 Å². The van der Waals surface area contributed by atoms with E-state index in [4.69, 9.17) is 10.5 Å². The van der Waals surface area contributed by atoms with Crippen molar-refractivity contribution >= 4 is 0 Å². The number of rotatable bonds is 5. The normalized spacial score (nSPS) is 21.6. The molecular weight excluding hydrogens is 248 g/mol. The van der Waals surface area contributed by atoms with Crippen molar-refractivity contribution in [3.05, 3.63) is 29.8 Å². The van der Waals surface area contributed by atoms with Crippen LogP contribution in [0.3, 0.4) is 0 Å². The minimum Gasteiger partial charge on any atom is -0.497 e. The number of nitrogens with two attached hydrogens (primary N) is 1. The average Bonchev–Trinajstić information content (AvgIpc) is 2.79. The molecule has 0 amide bonds. The highest BCUT2D eigenvalue weighted by Crippen LogP contribution is 2.37. The lowest BCUT2D eigenvalue weighted by molar-refractivity contribution is 0.189. The van der Waals surface area contributed by atoms with E-state index in [1.54, 1.807) is 7.11 Å². The highest BCUT2D eigenvalue weighted by molar-refractivity contribution is 5.31. The fourth-order valence-corrected chi connectivity index (χ4v) is 3.17. The summed E-state index contributed by atoms with van der Waals surface area (Å²) in [6.45, 7) is 9.09. The Balaban J connectivity index is 2.28. The van der Waals surface area contributed by atoms with Crippen LogP contribution in [-0.2, 0) is 0 Å². The fraction of sp³-hybridized carbons (Fsp3) is 0.647. The molecule has 1 aromatic carbocycles. The van der Waals surface area contributed by atoms with Crippen molar-refractivity contribution in [3.8, 4) is 5.75 Å². The van der Waals surface area contributed by atoms with Crippen LogP contribution in [-0.4, -0.2) is 31.1 Å². The second-order valence-corrected chi connectivity index (χ2v) is 6.68. The molecule has 0 saturated carbocycles. The molecule has 0 radical (unpaired) electrons. The zero-order valence-electron chi connectivity index (χ0n) is 13.2. The van der Waals surface area contributed by atoms with E-state index in [2.05, 4.69) is 43.9 Å². The first-order chi connectivity index (χ1) is 9.46. The Labute approximate surface area is 123 Å². The Morgan fingerprint density at radius 2 is 2.15 bits per heavy atom. The molecule has 0 aromatic heterocycles. The monoisotopic (exact) mass is 276 g/mol. The highest BCUT2D eigenvalue weighted by atomic mass is 16.5. The summed E-state index contributed by atoms with van der Waals surface area (Å²) in [6, 6.07) is 8.81. The third-order valence-corrected chi connectivity index (χ3v) is 4.41. The number of ether oxygens (including phenoxy) is 1. The lowest BCUT2D eigenvalue weighted by atomic mass is 9.92. The van der Waals surface area contributed by atoms with Crippen molar-refractivity contribution in [2.75, 3.05) is 20.2 Å². The standard InChI is InChI=1S/C17H28N2O/c1-5-15(18)16(19-10-9-17(2,3)12-19)13-7-6-8-14(11-13)20-4/h6-8,11,15-16H,5,9-10,12,18H2,1-4H3. The van der Waals surface area contributed by atoms with Gasteiger partial charge >= 0.3 is 0 Å². The van der Waals surface area contributed by atoms with Gasteiger partial charge in [-0.05, 0) is 42.5 Å². The fourth-order valence-electron chi connectivity index (χ4n) is 3.17. The van der Waals surface area contributed by atoms with Crippen LogP contribution in [0.15, 0.2) is 24.3 Å². The summed E-state index contributed by atoms with van der Waals surface area (Å²) in [5.41, 5.74) is 8.09. The Hall–Kier alpha value is -1.06. The maximum Gasteiger partial charge on any atom is 0.119 e. The molecule has 3 nitrogen and oxygen atoms in total. The molecule has 1 fully saturated rings. The lowest BCUT2D eigenvalue weighted by Crippen LogP contribution is -2.40. The molecule has 1 aliphatic heterocycles. The topological polar surface area (TPSA) is 38.5 Å². The van der Waals surface area contributed by atoms with Crippen molar-refractivity contribution in [2.24, 2.45) is 11.1 Å². The molecular formula is C17H28N2O. The molecule has 2 N–H and O–H groups in total. The van der Waals surface area contributed by atoms with Crippen LogP contribution in [0.25, 0.3) is 0 Å². The van der Waals surface area contributed by atoms with E-state index in [-0.39, 0.29) is 12.1 Å². The first kappa shape index (κ1) is 15.3. The predicted octanol–water partition coefficient (Wildman–Crippen LogP) is 3.21. The van der Waals surface area contributed by atoms with E-state index in [9.17, 15) is 0 Å². The number of hydrogen-bond acceptors (Lipinski definition) is 3. The van der Waals surface area contributed by atoms with Crippen LogP contribution in [0, 0.1) is 5.41 Å². The smallest absolute Gasteiger partial charge is 0.119 e. The second-order valence-electron chi connectivity index (χ2n) is 6.68. The molecule has 1 aromatic rings. The maximum atomic E-state index is 6.43. The SMILES string of the molecule is CCC(N)C(c1cccc(OC)c1)N1CCC(C)(C)C1. The summed E-state index contributed by atoms with van der Waals surface area (Å²) < 4.78 is 5.36. The zero-order chi connectivity index (χ0) is 14.8. The summed E-state index contributed by atoms with van der Waals surface area (Å²) in [5.74, 6) is 0.911. The minimum atomic E-state index is 0.163. The second kappa shape index (κ2) is 6.15. The molecule has 1 heterocycles. The molecule has 20 heavy (non-hydrogen) atoms. The van der Waals surface area contributed by atoms with Crippen molar-refractivity contribution < 1.29 is 4.74 Å². The molecule has 2 unspecified atom stereocenters. The first-order valence-electron chi connectivity index (χ1n) is 7.60. The average molecular weight is 276 g/mol. The van der Waals surface area contributed by atoms with Gasteiger partial charge in [-0.2, -0.15) is 0 Å². The largest absolute Gasteiger partial charge is 0.497 e. The predicted molar refractivity (Wildman–Crippen MR) is 84.0 cm³/mol. The van der Waals surface area contributed by atoms with Crippen LogP contribution in [0.2, 0.25) is 0 Å². The van der Waals surface area contributed by atoms with Crippen LogP contribution in [0.4, 0.5) is 0 Å². The van der Waals surface area contributed by atoms with Gasteiger partial charge in [0.25, 0.3) is 0 Å². The number of methoxy groups -OCH3 is 1. The molecule has 2 rings (SSSR count). The van der Waals surface area contributed by atoms with Gasteiger partial charge in [0.05, 0.1) is 13.2 Å². The third kappa shape index (κ3) is 3.33. The third-order valence-electron chi connectivity index (χ3n) is 4.41. The van der Waals surface area contributed by atoms with E-state index in [1.807, 2.05) is 6.07 Å². The molecule has 112 valence electrons. The number of nitrogens with zero attached hydrogens (tertiary/aromatic N) is 1. The van der Waals surface area contributed by atoms with Gasteiger partial charge in [-0.25, -0.2) is 0 Å². The Kier molecular flexibility index (Phi) is 4.71. The lowest BCUT2D eigenvalue weighted by Gasteiger charge is -2.33. The molecule has 1 aliphatic rings.